The molecule has 238 valence electrons. The van der Waals surface area contributed by atoms with E-state index in [4.69, 9.17) is 15.0 Å². The lowest BCUT2D eigenvalue weighted by Gasteiger charge is -2.30. The SMILES string of the molecule is C1=CC2=C(c3nc(-c4ccc5c(c4)C4(c6ccccc6-c6ccccc64)c4ccccc4-5)nc(-c4ccnc5ccccc45)n3)C=CNC2C=C1. The molecule has 0 fully saturated rings. The summed E-state index contributed by atoms with van der Waals surface area (Å²) >= 11 is 0. The molecule has 1 atom stereocenters. The molecule has 3 heterocycles. The zero-order chi connectivity index (χ0) is 33.5. The predicted octanol–water partition coefficient (Wildman–Crippen LogP) is 9.46. The molecule has 1 aliphatic heterocycles. The molecule has 0 radical (unpaired) electrons. The fraction of sp³-hybridized carbons (Fsp3) is 0.0435. The molecule has 11 rings (SSSR count). The Kier molecular flexibility index (Phi) is 5.87. The Bertz CT molecular complexity index is 2680. The highest BCUT2D eigenvalue weighted by molar-refractivity contribution is 5.96. The van der Waals surface area contributed by atoms with Gasteiger partial charge in [0, 0.05) is 28.3 Å². The number of rotatable bonds is 3. The second-order valence-corrected chi connectivity index (χ2v) is 13.4. The van der Waals surface area contributed by atoms with Gasteiger partial charge in [-0.3, -0.25) is 4.98 Å². The number of aromatic nitrogens is 4. The quantitative estimate of drug-likeness (QED) is 0.206. The molecular formula is C46H29N5. The van der Waals surface area contributed by atoms with Crippen LogP contribution in [0.5, 0.6) is 0 Å². The van der Waals surface area contributed by atoms with Crippen LogP contribution in [0.1, 0.15) is 28.1 Å². The Labute approximate surface area is 295 Å². The minimum Gasteiger partial charge on any atom is -0.381 e. The molecule has 1 spiro atoms. The van der Waals surface area contributed by atoms with E-state index in [1.54, 1.807) is 0 Å². The molecule has 4 aliphatic rings. The summed E-state index contributed by atoms with van der Waals surface area (Å²) in [6, 6.07) is 43.7. The van der Waals surface area contributed by atoms with Gasteiger partial charge in [-0.15, -0.1) is 0 Å². The third kappa shape index (κ3) is 3.91. The molecule has 1 unspecified atom stereocenters. The highest BCUT2D eigenvalue weighted by atomic mass is 15.0. The molecule has 2 aromatic heterocycles. The van der Waals surface area contributed by atoms with Crippen molar-refractivity contribution in [2.24, 2.45) is 0 Å². The van der Waals surface area contributed by atoms with Crippen molar-refractivity contribution in [3.8, 4) is 45.0 Å². The molecule has 0 saturated carbocycles. The van der Waals surface area contributed by atoms with Crippen LogP contribution in [0.15, 0.2) is 170 Å². The average Bonchev–Trinajstić information content (AvgIpc) is 3.67. The Balaban J connectivity index is 1.19. The van der Waals surface area contributed by atoms with Crippen LogP contribution in [0.2, 0.25) is 0 Å². The largest absolute Gasteiger partial charge is 0.381 e. The second kappa shape index (κ2) is 10.6. The normalized spacial score (nSPS) is 16.8. The minimum atomic E-state index is -0.454. The zero-order valence-electron chi connectivity index (χ0n) is 27.5. The number of benzene rings is 5. The van der Waals surface area contributed by atoms with Gasteiger partial charge < -0.3 is 5.32 Å². The number of allylic oxidation sites excluding steroid dienone is 4. The van der Waals surface area contributed by atoms with Gasteiger partial charge in [0.25, 0.3) is 0 Å². The van der Waals surface area contributed by atoms with E-state index in [-0.39, 0.29) is 6.04 Å². The van der Waals surface area contributed by atoms with Gasteiger partial charge in [0.2, 0.25) is 0 Å². The predicted molar refractivity (Wildman–Crippen MR) is 204 cm³/mol. The van der Waals surface area contributed by atoms with Crippen LogP contribution in [-0.2, 0) is 5.41 Å². The third-order valence-corrected chi connectivity index (χ3v) is 10.9. The highest BCUT2D eigenvalue weighted by Gasteiger charge is 2.51. The summed E-state index contributed by atoms with van der Waals surface area (Å²) in [4.78, 5) is 20.3. The van der Waals surface area contributed by atoms with E-state index in [1.165, 1.54) is 44.5 Å². The topological polar surface area (TPSA) is 63.6 Å². The minimum absolute atomic E-state index is 0.0567. The molecule has 5 aromatic carbocycles. The highest BCUT2D eigenvalue weighted by Crippen LogP contribution is 2.63. The summed E-state index contributed by atoms with van der Waals surface area (Å²) < 4.78 is 0. The van der Waals surface area contributed by atoms with Crippen LogP contribution in [0.3, 0.4) is 0 Å². The van der Waals surface area contributed by atoms with E-state index in [0.717, 1.165) is 33.2 Å². The standard InChI is InChI=1S/C46H29N5/c1-6-16-37-29(11-1)30-12-2-7-17-38(30)46(37)39-18-8-3-13-31(39)32-22-21-28(27-40(32)46)43-49-44(35-23-25-47-41-19-9-4-14-33(35)41)51-45(50-43)36-24-26-48-42-20-10-5-15-34(36)42/h1-27,41,47H. The van der Waals surface area contributed by atoms with Gasteiger partial charge >= 0.3 is 0 Å². The van der Waals surface area contributed by atoms with E-state index in [2.05, 4.69) is 138 Å². The van der Waals surface area contributed by atoms with Gasteiger partial charge in [-0.05, 0) is 80.6 Å². The van der Waals surface area contributed by atoms with Crippen LogP contribution < -0.4 is 5.32 Å². The van der Waals surface area contributed by atoms with Crippen LogP contribution in [0, 0.1) is 0 Å². The lowest BCUT2D eigenvalue weighted by Crippen LogP contribution is -2.28. The van der Waals surface area contributed by atoms with Crippen molar-refractivity contribution in [3.05, 3.63) is 198 Å². The summed E-state index contributed by atoms with van der Waals surface area (Å²) in [7, 11) is 0. The first kappa shape index (κ1) is 28.2. The Hall–Kier alpha value is -6.72. The fourth-order valence-electron chi connectivity index (χ4n) is 8.75. The van der Waals surface area contributed by atoms with Gasteiger partial charge in [-0.1, -0.05) is 127 Å². The summed E-state index contributed by atoms with van der Waals surface area (Å²) in [5, 5.41) is 4.46. The average molecular weight is 652 g/mol. The van der Waals surface area contributed by atoms with E-state index in [0.29, 0.717) is 17.5 Å². The van der Waals surface area contributed by atoms with Crippen LogP contribution in [0.4, 0.5) is 0 Å². The van der Waals surface area contributed by atoms with Crippen molar-refractivity contribution in [2.75, 3.05) is 0 Å². The maximum absolute atomic E-state index is 5.27. The molecule has 1 N–H and O–H groups in total. The zero-order valence-corrected chi connectivity index (χ0v) is 27.5. The molecule has 3 aliphatic carbocycles. The van der Waals surface area contributed by atoms with E-state index >= 15 is 0 Å². The number of fused-ring (bicyclic) bond motifs is 12. The van der Waals surface area contributed by atoms with Crippen LogP contribution in [0.25, 0.3) is 61.5 Å². The molecule has 0 bridgehead atoms. The summed E-state index contributed by atoms with van der Waals surface area (Å²) in [5.74, 6) is 1.90. The maximum Gasteiger partial charge on any atom is 0.164 e. The molecular weight excluding hydrogens is 623 g/mol. The molecule has 0 saturated heterocycles. The van der Waals surface area contributed by atoms with Gasteiger partial charge in [0.1, 0.15) is 0 Å². The number of para-hydroxylation sites is 1. The number of dihydropyridines is 1. The smallest absolute Gasteiger partial charge is 0.164 e. The first-order chi connectivity index (χ1) is 25.3. The summed E-state index contributed by atoms with van der Waals surface area (Å²) in [5.41, 5.74) is 14.7. The first-order valence-corrected chi connectivity index (χ1v) is 17.4. The lowest BCUT2D eigenvalue weighted by atomic mass is 9.70. The monoisotopic (exact) mass is 651 g/mol. The van der Waals surface area contributed by atoms with Crippen molar-refractivity contribution < 1.29 is 0 Å². The maximum atomic E-state index is 5.27. The second-order valence-electron chi connectivity index (χ2n) is 13.4. The molecule has 0 amide bonds. The number of hydrogen-bond acceptors (Lipinski definition) is 5. The van der Waals surface area contributed by atoms with Gasteiger partial charge in [0.05, 0.1) is 17.0 Å². The van der Waals surface area contributed by atoms with E-state index in [1.807, 2.05) is 36.7 Å². The van der Waals surface area contributed by atoms with Gasteiger partial charge in [-0.25, -0.2) is 15.0 Å². The molecule has 5 heteroatoms. The Morgan fingerprint density at radius 3 is 1.94 bits per heavy atom. The van der Waals surface area contributed by atoms with Gasteiger partial charge in [0.15, 0.2) is 17.5 Å². The molecule has 7 aromatic rings. The molecule has 5 nitrogen and oxygen atoms in total. The Morgan fingerprint density at radius 1 is 0.529 bits per heavy atom. The fourth-order valence-corrected chi connectivity index (χ4v) is 8.75. The number of hydrogen-bond donors (Lipinski definition) is 1. The Morgan fingerprint density at radius 2 is 1.18 bits per heavy atom. The first-order valence-electron chi connectivity index (χ1n) is 17.4. The van der Waals surface area contributed by atoms with Crippen molar-refractivity contribution in [1.82, 2.24) is 25.3 Å². The lowest BCUT2D eigenvalue weighted by molar-refractivity contribution is 0.793. The van der Waals surface area contributed by atoms with Gasteiger partial charge in [-0.2, -0.15) is 0 Å². The van der Waals surface area contributed by atoms with Crippen LogP contribution in [-0.4, -0.2) is 26.0 Å². The van der Waals surface area contributed by atoms with Crippen molar-refractivity contribution in [1.29, 1.82) is 0 Å². The van der Waals surface area contributed by atoms with Crippen molar-refractivity contribution in [3.63, 3.8) is 0 Å². The van der Waals surface area contributed by atoms with E-state index < -0.39 is 5.41 Å². The van der Waals surface area contributed by atoms with Crippen molar-refractivity contribution >= 4 is 16.5 Å². The summed E-state index contributed by atoms with van der Waals surface area (Å²) in [6.07, 6.45) is 14.3. The van der Waals surface area contributed by atoms with Crippen LogP contribution >= 0.6 is 0 Å². The third-order valence-electron chi connectivity index (χ3n) is 10.9. The van der Waals surface area contributed by atoms with Crippen molar-refractivity contribution in [2.45, 2.75) is 11.5 Å². The molecule has 51 heavy (non-hydrogen) atoms. The summed E-state index contributed by atoms with van der Waals surface area (Å²) in [6.45, 7) is 0. The van der Waals surface area contributed by atoms with E-state index in [9.17, 15) is 0 Å². The number of nitrogens with one attached hydrogen (secondary N) is 1. The number of pyridine rings is 1. The number of nitrogens with zero attached hydrogens (tertiary/aromatic N) is 4.